The van der Waals surface area contributed by atoms with Crippen LogP contribution in [0.2, 0.25) is 10.0 Å². The van der Waals surface area contributed by atoms with E-state index in [0.29, 0.717) is 22.0 Å². The first-order valence-electron chi connectivity index (χ1n) is 8.09. The number of rotatable bonds is 7. The molecular weight excluding hydrogens is 411 g/mol. The molecule has 146 valence electrons. The van der Waals surface area contributed by atoms with Crippen molar-refractivity contribution in [2.24, 2.45) is 0 Å². The SMILES string of the molecule is CCN(CC(=O)Nc1cccc(Cl)c1C)S(=O)(=O)c1ccc(OC)c(Cl)c1. The number of carbonyl (C=O) groups is 1. The van der Waals surface area contributed by atoms with Crippen molar-refractivity contribution in [2.45, 2.75) is 18.7 Å². The van der Waals surface area contributed by atoms with Gasteiger partial charge in [-0.15, -0.1) is 0 Å². The van der Waals surface area contributed by atoms with Crippen LogP contribution in [0.25, 0.3) is 0 Å². The number of carbonyl (C=O) groups excluding carboxylic acids is 1. The van der Waals surface area contributed by atoms with Crippen molar-refractivity contribution in [2.75, 3.05) is 25.5 Å². The molecule has 27 heavy (non-hydrogen) atoms. The largest absolute Gasteiger partial charge is 0.495 e. The monoisotopic (exact) mass is 430 g/mol. The predicted molar refractivity (Wildman–Crippen MR) is 107 cm³/mol. The Labute approximate surface area is 169 Å². The van der Waals surface area contributed by atoms with E-state index in [0.717, 1.165) is 4.31 Å². The Balaban J connectivity index is 2.21. The molecule has 0 unspecified atom stereocenters. The molecule has 2 rings (SSSR count). The van der Waals surface area contributed by atoms with E-state index in [1.807, 2.05) is 0 Å². The van der Waals surface area contributed by atoms with E-state index in [1.54, 1.807) is 32.0 Å². The topological polar surface area (TPSA) is 75.7 Å². The maximum absolute atomic E-state index is 12.8. The number of nitrogens with zero attached hydrogens (tertiary/aromatic N) is 1. The highest BCUT2D eigenvalue weighted by atomic mass is 35.5. The Bertz CT molecular complexity index is 948. The minimum absolute atomic E-state index is 0.0121. The number of halogens is 2. The number of anilines is 1. The molecule has 0 saturated heterocycles. The average Bonchev–Trinajstić information content (AvgIpc) is 2.63. The van der Waals surface area contributed by atoms with Crippen LogP contribution in [-0.4, -0.2) is 38.8 Å². The Hall–Kier alpha value is -1.80. The Morgan fingerprint density at radius 1 is 1.19 bits per heavy atom. The lowest BCUT2D eigenvalue weighted by molar-refractivity contribution is -0.116. The smallest absolute Gasteiger partial charge is 0.243 e. The van der Waals surface area contributed by atoms with Gasteiger partial charge in [0.1, 0.15) is 5.75 Å². The molecule has 2 aromatic carbocycles. The number of sulfonamides is 1. The highest BCUT2D eigenvalue weighted by molar-refractivity contribution is 7.89. The zero-order valence-electron chi connectivity index (χ0n) is 15.1. The lowest BCUT2D eigenvalue weighted by Crippen LogP contribution is -2.37. The van der Waals surface area contributed by atoms with E-state index < -0.39 is 15.9 Å². The van der Waals surface area contributed by atoms with Crippen LogP contribution in [0.5, 0.6) is 5.75 Å². The third-order valence-electron chi connectivity index (χ3n) is 3.98. The van der Waals surface area contributed by atoms with Crippen LogP contribution in [0.3, 0.4) is 0 Å². The maximum Gasteiger partial charge on any atom is 0.243 e. The molecule has 0 atom stereocenters. The first-order valence-corrected chi connectivity index (χ1v) is 10.3. The molecular formula is C18H20Cl2N2O4S. The number of nitrogens with one attached hydrogen (secondary N) is 1. The summed E-state index contributed by atoms with van der Waals surface area (Å²) in [7, 11) is -2.46. The fraction of sp³-hybridized carbons (Fsp3) is 0.278. The van der Waals surface area contributed by atoms with Crippen LogP contribution in [0.1, 0.15) is 12.5 Å². The van der Waals surface area contributed by atoms with Gasteiger partial charge in [-0.05, 0) is 42.8 Å². The van der Waals surface area contributed by atoms with E-state index in [1.165, 1.54) is 25.3 Å². The third kappa shape index (κ3) is 4.93. The average molecular weight is 431 g/mol. The summed E-state index contributed by atoms with van der Waals surface area (Å²) in [5.41, 5.74) is 1.24. The van der Waals surface area contributed by atoms with Crippen molar-refractivity contribution in [1.29, 1.82) is 0 Å². The summed E-state index contributed by atoms with van der Waals surface area (Å²) in [6.07, 6.45) is 0. The van der Waals surface area contributed by atoms with Crippen molar-refractivity contribution in [3.05, 3.63) is 52.0 Å². The maximum atomic E-state index is 12.8. The second-order valence-electron chi connectivity index (χ2n) is 5.69. The van der Waals surface area contributed by atoms with Gasteiger partial charge in [-0.2, -0.15) is 4.31 Å². The summed E-state index contributed by atoms with van der Waals surface area (Å²) in [4.78, 5) is 12.4. The van der Waals surface area contributed by atoms with Gasteiger partial charge in [0.05, 0.1) is 23.6 Å². The van der Waals surface area contributed by atoms with Crippen molar-refractivity contribution in [3.63, 3.8) is 0 Å². The zero-order valence-corrected chi connectivity index (χ0v) is 17.5. The number of ether oxygens (including phenoxy) is 1. The Kier molecular flexibility index (Phi) is 7.11. The van der Waals surface area contributed by atoms with E-state index in [9.17, 15) is 13.2 Å². The fourth-order valence-corrected chi connectivity index (χ4v) is 4.35. The minimum Gasteiger partial charge on any atom is -0.495 e. The molecule has 0 saturated carbocycles. The molecule has 1 N–H and O–H groups in total. The highest BCUT2D eigenvalue weighted by Gasteiger charge is 2.26. The lowest BCUT2D eigenvalue weighted by atomic mass is 10.2. The minimum atomic E-state index is -3.90. The molecule has 0 aliphatic heterocycles. The van der Waals surface area contributed by atoms with E-state index in [4.69, 9.17) is 27.9 Å². The number of methoxy groups -OCH3 is 1. The van der Waals surface area contributed by atoms with Crippen LogP contribution in [0, 0.1) is 6.92 Å². The van der Waals surface area contributed by atoms with Gasteiger partial charge in [0, 0.05) is 17.3 Å². The number of hydrogen-bond donors (Lipinski definition) is 1. The van der Waals surface area contributed by atoms with Gasteiger partial charge in [0.2, 0.25) is 15.9 Å². The first-order chi connectivity index (χ1) is 12.7. The second kappa shape index (κ2) is 8.93. The van der Waals surface area contributed by atoms with Crippen LogP contribution < -0.4 is 10.1 Å². The van der Waals surface area contributed by atoms with Gasteiger partial charge in [-0.25, -0.2) is 8.42 Å². The van der Waals surface area contributed by atoms with Gasteiger partial charge in [-0.1, -0.05) is 36.2 Å². The van der Waals surface area contributed by atoms with E-state index in [-0.39, 0.29) is 23.0 Å². The fourth-order valence-electron chi connectivity index (χ4n) is 2.42. The summed E-state index contributed by atoms with van der Waals surface area (Å²) >= 11 is 12.1. The number of hydrogen-bond acceptors (Lipinski definition) is 4. The van der Waals surface area contributed by atoms with Crippen LogP contribution in [0.4, 0.5) is 5.69 Å². The molecule has 0 bridgehead atoms. The quantitative estimate of drug-likeness (QED) is 0.720. The van der Waals surface area contributed by atoms with Crippen molar-refractivity contribution < 1.29 is 17.9 Å². The Morgan fingerprint density at radius 3 is 2.48 bits per heavy atom. The number of likely N-dealkylation sites (N-methyl/N-ethyl adjacent to an activating group) is 1. The number of amides is 1. The summed E-state index contributed by atoms with van der Waals surface area (Å²) in [6.45, 7) is 3.20. The van der Waals surface area contributed by atoms with Gasteiger partial charge < -0.3 is 10.1 Å². The molecule has 9 heteroatoms. The second-order valence-corrected chi connectivity index (χ2v) is 8.44. The summed E-state index contributed by atoms with van der Waals surface area (Å²) in [6, 6.07) is 9.28. The summed E-state index contributed by atoms with van der Waals surface area (Å²) < 4.78 is 31.8. The van der Waals surface area contributed by atoms with Crippen molar-refractivity contribution >= 4 is 44.8 Å². The lowest BCUT2D eigenvalue weighted by Gasteiger charge is -2.21. The van der Waals surface area contributed by atoms with E-state index in [2.05, 4.69) is 5.32 Å². The van der Waals surface area contributed by atoms with Crippen LogP contribution >= 0.6 is 23.2 Å². The molecule has 0 heterocycles. The van der Waals surface area contributed by atoms with Crippen molar-refractivity contribution in [1.82, 2.24) is 4.31 Å². The van der Waals surface area contributed by atoms with Gasteiger partial charge >= 0.3 is 0 Å². The molecule has 0 aliphatic rings. The molecule has 1 amide bonds. The number of benzene rings is 2. The highest BCUT2D eigenvalue weighted by Crippen LogP contribution is 2.28. The van der Waals surface area contributed by atoms with Gasteiger partial charge in [0.25, 0.3) is 0 Å². The summed E-state index contributed by atoms with van der Waals surface area (Å²) in [5, 5.41) is 3.38. The van der Waals surface area contributed by atoms with E-state index >= 15 is 0 Å². The molecule has 0 aromatic heterocycles. The van der Waals surface area contributed by atoms with Gasteiger partial charge in [-0.3, -0.25) is 4.79 Å². The zero-order chi connectivity index (χ0) is 20.2. The molecule has 0 radical (unpaired) electrons. The first kappa shape index (κ1) is 21.5. The molecule has 0 spiro atoms. The molecule has 2 aromatic rings. The predicted octanol–water partition coefficient (Wildman–Crippen LogP) is 3.96. The third-order valence-corrected chi connectivity index (χ3v) is 6.60. The van der Waals surface area contributed by atoms with Crippen LogP contribution in [-0.2, 0) is 14.8 Å². The van der Waals surface area contributed by atoms with Gasteiger partial charge in [0.15, 0.2) is 0 Å². The van der Waals surface area contributed by atoms with Crippen LogP contribution in [0.15, 0.2) is 41.3 Å². The van der Waals surface area contributed by atoms with Crippen molar-refractivity contribution in [3.8, 4) is 5.75 Å². The molecule has 6 nitrogen and oxygen atoms in total. The summed E-state index contributed by atoms with van der Waals surface area (Å²) in [5.74, 6) is -0.0989. The Morgan fingerprint density at radius 2 is 1.89 bits per heavy atom. The molecule has 0 aliphatic carbocycles. The molecule has 0 fully saturated rings. The standard InChI is InChI=1S/C18H20Cl2N2O4S/c1-4-22(11-18(23)21-16-7-5-6-14(19)12(16)2)27(24,25)13-8-9-17(26-3)15(20)10-13/h5-10H,4,11H2,1-3H3,(H,21,23). The normalized spacial score (nSPS) is 11.5.